The largest absolute Gasteiger partial charge is 0.383 e. The van der Waals surface area contributed by atoms with Crippen LogP contribution in [0.3, 0.4) is 0 Å². The van der Waals surface area contributed by atoms with E-state index in [1.807, 2.05) is 24.3 Å². The number of amides is 1. The van der Waals surface area contributed by atoms with Crippen LogP contribution in [0.1, 0.15) is 37.8 Å². The van der Waals surface area contributed by atoms with E-state index < -0.39 is 5.91 Å². The fraction of sp³-hybridized carbons (Fsp3) is 0.348. The number of allylic oxidation sites excluding steroid dienone is 5. The van der Waals surface area contributed by atoms with Crippen molar-refractivity contribution in [2.24, 2.45) is 5.92 Å². The van der Waals surface area contributed by atoms with Gasteiger partial charge in [-0.1, -0.05) is 54.6 Å². The van der Waals surface area contributed by atoms with E-state index in [1.54, 1.807) is 11.6 Å². The molecule has 0 fully saturated rings. The number of carbonyl (C=O) groups is 1. The van der Waals surface area contributed by atoms with Gasteiger partial charge in [-0.15, -0.1) is 0 Å². The van der Waals surface area contributed by atoms with E-state index in [-0.39, 0.29) is 0 Å². The lowest BCUT2D eigenvalue weighted by Crippen LogP contribution is -2.23. The molecule has 1 heterocycles. The Balaban J connectivity index is 1.78. The molecule has 1 aromatic carbocycles. The van der Waals surface area contributed by atoms with Crippen LogP contribution >= 0.6 is 0 Å². The average molecular weight is 382 g/mol. The first-order valence-electron chi connectivity index (χ1n) is 9.77. The highest BCUT2D eigenvalue weighted by Gasteiger charge is 2.06. The minimum atomic E-state index is -0.536. The number of hydrogen-bond acceptors (Lipinski definition) is 4. The fourth-order valence-electron chi connectivity index (χ4n) is 3.12. The van der Waals surface area contributed by atoms with Gasteiger partial charge in [-0.2, -0.15) is 0 Å². The zero-order valence-electron chi connectivity index (χ0n) is 16.7. The molecule has 0 saturated carbocycles. The lowest BCUT2D eigenvalue weighted by Gasteiger charge is -2.17. The molecule has 1 aliphatic heterocycles. The Labute approximate surface area is 167 Å². The summed E-state index contributed by atoms with van der Waals surface area (Å²) in [6.45, 7) is 6.05. The molecule has 4 N–H and O–H groups in total. The van der Waals surface area contributed by atoms with Crippen LogP contribution < -0.4 is 16.1 Å². The summed E-state index contributed by atoms with van der Waals surface area (Å²) in [5.74, 6) is -0.0220. The quantitative estimate of drug-likeness (QED) is 0.251. The Kier molecular flexibility index (Phi) is 9.25. The second kappa shape index (κ2) is 12.0. The van der Waals surface area contributed by atoms with Crippen molar-refractivity contribution in [1.29, 1.82) is 0 Å². The second-order valence-corrected chi connectivity index (χ2v) is 7.11. The second-order valence-electron chi connectivity index (χ2n) is 7.11. The van der Waals surface area contributed by atoms with Gasteiger partial charge in [0.25, 0.3) is 5.91 Å². The molecule has 5 heteroatoms. The van der Waals surface area contributed by atoms with Gasteiger partial charge < -0.3 is 10.6 Å². The molecule has 0 spiro atoms. The van der Waals surface area contributed by atoms with Gasteiger partial charge in [0.1, 0.15) is 0 Å². The van der Waals surface area contributed by atoms with Crippen LogP contribution in [0.4, 0.5) is 0 Å². The van der Waals surface area contributed by atoms with Crippen LogP contribution in [-0.4, -0.2) is 23.7 Å². The van der Waals surface area contributed by atoms with Crippen LogP contribution in [0.15, 0.2) is 66.4 Å². The first-order valence-corrected chi connectivity index (χ1v) is 9.77. The molecule has 0 radical (unpaired) electrons. The van der Waals surface area contributed by atoms with E-state index >= 15 is 0 Å². The highest BCUT2D eigenvalue weighted by Crippen LogP contribution is 2.14. The van der Waals surface area contributed by atoms with Crippen molar-refractivity contribution in [3.8, 4) is 0 Å². The number of hydrogen-bond donors (Lipinski definition) is 4. The molecule has 1 aliphatic rings. The third-order valence-corrected chi connectivity index (χ3v) is 4.56. The molecule has 28 heavy (non-hydrogen) atoms. The average Bonchev–Trinajstić information content (AvgIpc) is 2.69. The minimum Gasteiger partial charge on any atom is -0.383 e. The van der Waals surface area contributed by atoms with Gasteiger partial charge >= 0.3 is 0 Å². The fourth-order valence-corrected chi connectivity index (χ4v) is 3.12. The number of nitrogens with one attached hydrogen (secondary N) is 3. The third-order valence-electron chi connectivity index (χ3n) is 4.56. The molecule has 150 valence electrons. The maximum atomic E-state index is 11.0. The van der Waals surface area contributed by atoms with Gasteiger partial charge in [0.05, 0.1) is 0 Å². The molecule has 0 saturated heterocycles. The standard InChI is InChI=1S/C23H31N3O2/c1-18-6-4-3-5-7-21(16-19(2)25-18)14-15-24-17-22-10-8-20(9-11-22)12-13-23(27)26-28/h3-6,8-13,16,18,21,24-25,28H,7,14-15,17H2,1-2H3,(H,26,27)/b5-3-,6-4-,13-12+,19-16?. The van der Waals surface area contributed by atoms with Crippen molar-refractivity contribution in [2.45, 2.75) is 39.3 Å². The van der Waals surface area contributed by atoms with Crippen molar-refractivity contribution >= 4 is 12.0 Å². The van der Waals surface area contributed by atoms with Crippen molar-refractivity contribution in [2.75, 3.05) is 6.54 Å². The van der Waals surface area contributed by atoms with Gasteiger partial charge in [0, 0.05) is 24.4 Å². The van der Waals surface area contributed by atoms with E-state index in [1.165, 1.54) is 17.3 Å². The first-order chi connectivity index (χ1) is 13.6. The molecular formula is C23H31N3O2. The maximum Gasteiger partial charge on any atom is 0.267 e. The summed E-state index contributed by atoms with van der Waals surface area (Å²) in [5, 5.41) is 15.5. The molecule has 5 nitrogen and oxygen atoms in total. The molecule has 2 atom stereocenters. The Morgan fingerprint density at radius 2 is 2.07 bits per heavy atom. The molecule has 0 aliphatic carbocycles. The topological polar surface area (TPSA) is 73.4 Å². The van der Waals surface area contributed by atoms with E-state index in [4.69, 9.17) is 5.21 Å². The van der Waals surface area contributed by atoms with Crippen LogP contribution in [0.25, 0.3) is 6.08 Å². The Morgan fingerprint density at radius 3 is 2.82 bits per heavy atom. The highest BCUT2D eigenvalue weighted by atomic mass is 16.5. The normalized spacial score (nSPS) is 22.2. The number of carbonyl (C=O) groups excluding carboxylic acids is 1. The highest BCUT2D eigenvalue weighted by molar-refractivity contribution is 5.90. The summed E-state index contributed by atoms with van der Waals surface area (Å²) < 4.78 is 0. The Hall–Kier alpha value is -2.63. The number of hydroxylamine groups is 1. The summed E-state index contributed by atoms with van der Waals surface area (Å²) in [7, 11) is 0. The minimum absolute atomic E-state index is 0.341. The summed E-state index contributed by atoms with van der Waals surface area (Å²) in [6.07, 6.45) is 16.1. The van der Waals surface area contributed by atoms with Gasteiger partial charge in [0.2, 0.25) is 0 Å². The Bertz CT molecular complexity index is 733. The zero-order valence-corrected chi connectivity index (χ0v) is 16.7. The van der Waals surface area contributed by atoms with Crippen molar-refractivity contribution in [3.05, 3.63) is 77.5 Å². The van der Waals surface area contributed by atoms with Crippen LogP contribution in [0, 0.1) is 5.92 Å². The third kappa shape index (κ3) is 8.37. The summed E-state index contributed by atoms with van der Waals surface area (Å²) in [5.41, 5.74) is 4.92. The Morgan fingerprint density at radius 1 is 1.29 bits per heavy atom. The number of benzene rings is 1. The lowest BCUT2D eigenvalue weighted by atomic mass is 9.99. The smallest absolute Gasteiger partial charge is 0.267 e. The summed E-state index contributed by atoms with van der Waals surface area (Å²) in [4.78, 5) is 11.0. The van der Waals surface area contributed by atoms with Crippen LogP contribution in [0.2, 0.25) is 0 Å². The maximum absolute atomic E-state index is 11.0. The monoisotopic (exact) mass is 381 g/mol. The first kappa shape index (κ1) is 21.7. The van der Waals surface area contributed by atoms with Gasteiger partial charge in [-0.05, 0) is 56.4 Å². The van der Waals surface area contributed by atoms with Crippen molar-refractivity contribution in [3.63, 3.8) is 0 Å². The van der Waals surface area contributed by atoms with Crippen molar-refractivity contribution in [1.82, 2.24) is 16.1 Å². The van der Waals surface area contributed by atoms with E-state index in [0.717, 1.165) is 31.5 Å². The van der Waals surface area contributed by atoms with Gasteiger partial charge in [0.15, 0.2) is 0 Å². The molecular weight excluding hydrogens is 350 g/mol. The lowest BCUT2D eigenvalue weighted by molar-refractivity contribution is -0.124. The SMILES string of the molecule is CC1=CC(CCNCc2ccc(/C=C/C(=O)NO)cc2)C/C=C\C=C/C(C)N1. The van der Waals surface area contributed by atoms with E-state index in [2.05, 4.69) is 54.9 Å². The molecule has 0 bridgehead atoms. The van der Waals surface area contributed by atoms with E-state index in [9.17, 15) is 4.79 Å². The van der Waals surface area contributed by atoms with Crippen molar-refractivity contribution < 1.29 is 10.0 Å². The summed E-state index contributed by atoms with van der Waals surface area (Å²) in [6, 6.07) is 8.33. The van der Waals surface area contributed by atoms with Crippen LogP contribution in [0.5, 0.6) is 0 Å². The van der Waals surface area contributed by atoms with Gasteiger partial charge in [-0.25, -0.2) is 5.48 Å². The zero-order chi connectivity index (χ0) is 20.2. The predicted octanol–water partition coefficient (Wildman–Crippen LogP) is 3.70. The molecule has 1 amide bonds. The molecule has 1 aromatic rings. The molecule has 2 rings (SSSR count). The van der Waals surface area contributed by atoms with Crippen LogP contribution in [-0.2, 0) is 11.3 Å². The van der Waals surface area contributed by atoms with E-state index in [0.29, 0.717) is 12.0 Å². The predicted molar refractivity (Wildman–Crippen MR) is 114 cm³/mol. The van der Waals surface area contributed by atoms with Gasteiger partial charge in [-0.3, -0.25) is 10.0 Å². The molecule has 2 unspecified atom stereocenters. The number of rotatable bonds is 7. The summed E-state index contributed by atoms with van der Waals surface area (Å²) >= 11 is 0. The molecule has 0 aromatic heterocycles.